The van der Waals surface area contributed by atoms with Crippen LogP contribution in [-0.4, -0.2) is 31.7 Å². The minimum atomic E-state index is -0.478. The van der Waals surface area contributed by atoms with E-state index in [-0.39, 0.29) is 18.6 Å². The molecule has 2 amide bonds. The van der Waals surface area contributed by atoms with E-state index in [0.29, 0.717) is 39.7 Å². The number of hydrogen-bond donors (Lipinski definition) is 2. The smallest absolute Gasteiger partial charge is 0.337 e. The van der Waals surface area contributed by atoms with Crippen molar-refractivity contribution in [2.45, 2.75) is 19.9 Å². The Labute approximate surface area is 194 Å². The molecule has 33 heavy (non-hydrogen) atoms. The zero-order valence-corrected chi connectivity index (χ0v) is 18.9. The standard InChI is InChI=1S/C24H22N2O6S/c1-3-17-11-18(22(28)25-12-14-4-9-19-20(10-14)32-13-31-19)23(33-17)26-21(27)15-5-7-16(8-6-15)24(29)30-2/h4-11H,3,12-13H2,1-2H3,(H,25,28)(H,26,27). The first kappa shape index (κ1) is 22.3. The Morgan fingerprint density at radius 1 is 0.970 bits per heavy atom. The van der Waals surface area contributed by atoms with Gasteiger partial charge < -0.3 is 24.8 Å². The van der Waals surface area contributed by atoms with E-state index in [9.17, 15) is 14.4 Å². The molecule has 0 fully saturated rings. The Balaban J connectivity index is 1.46. The van der Waals surface area contributed by atoms with Crippen LogP contribution in [0, 0.1) is 0 Å². The van der Waals surface area contributed by atoms with Gasteiger partial charge in [-0.05, 0) is 54.4 Å². The lowest BCUT2D eigenvalue weighted by atomic mass is 10.1. The van der Waals surface area contributed by atoms with E-state index >= 15 is 0 Å². The third-order valence-corrected chi connectivity index (χ3v) is 6.26. The average Bonchev–Trinajstić information content (AvgIpc) is 3.48. The van der Waals surface area contributed by atoms with Crippen LogP contribution >= 0.6 is 11.3 Å². The summed E-state index contributed by atoms with van der Waals surface area (Å²) in [5.41, 5.74) is 1.98. The van der Waals surface area contributed by atoms with E-state index in [1.165, 1.54) is 42.7 Å². The largest absolute Gasteiger partial charge is 0.465 e. The van der Waals surface area contributed by atoms with Gasteiger partial charge in [0.25, 0.3) is 11.8 Å². The summed E-state index contributed by atoms with van der Waals surface area (Å²) in [5, 5.41) is 6.19. The lowest BCUT2D eigenvalue weighted by Gasteiger charge is -2.09. The van der Waals surface area contributed by atoms with Crippen LogP contribution in [0.2, 0.25) is 0 Å². The van der Waals surface area contributed by atoms with Crippen LogP contribution in [0.3, 0.4) is 0 Å². The highest BCUT2D eigenvalue weighted by molar-refractivity contribution is 7.16. The first-order chi connectivity index (χ1) is 16.0. The van der Waals surface area contributed by atoms with Crippen LogP contribution in [0.1, 0.15) is 48.4 Å². The summed E-state index contributed by atoms with van der Waals surface area (Å²) in [4.78, 5) is 38.2. The van der Waals surface area contributed by atoms with Crippen molar-refractivity contribution in [3.63, 3.8) is 0 Å². The third-order valence-electron chi connectivity index (χ3n) is 5.06. The van der Waals surface area contributed by atoms with Gasteiger partial charge in [0.05, 0.1) is 18.2 Å². The van der Waals surface area contributed by atoms with Crippen LogP contribution in [-0.2, 0) is 17.7 Å². The molecule has 1 aliphatic heterocycles. The summed E-state index contributed by atoms with van der Waals surface area (Å²) in [6, 6.07) is 13.4. The predicted molar refractivity (Wildman–Crippen MR) is 123 cm³/mol. The Morgan fingerprint density at radius 3 is 2.42 bits per heavy atom. The van der Waals surface area contributed by atoms with E-state index in [2.05, 4.69) is 15.4 Å². The fourth-order valence-electron chi connectivity index (χ4n) is 3.26. The first-order valence-electron chi connectivity index (χ1n) is 10.3. The van der Waals surface area contributed by atoms with Gasteiger partial charge in [0.2, 0.25) is 6.79 Å². The molecule has 0 unspecified atom stereocenters. The number of ether oxygens (including phenoxy) is 3. The number of anilines is 1. The van der Waals surface area contributed by atoms with Gasteiger partial charge in [-0.1, -0.05) is 13.0 Å². The van der Waals surface area contributed by atoms with Crippen molar-refractivity contribution in [1.82, 2.24) is 5.32 Å². The van der Waals surface area contributed by atoms with Gasteiger partial charge in [-0.3, -0.25) is 9.59 Å². The van der Waals surface area contributed by atoms with Crippen LogP contribution in [0.5, 0.6) is 11.5 Å². The van der Waals surface area contributed by atoms with Gasteiger partial charge in [0, 0.05) is 17.0 Å². The first-order valence-corrected chi connectivity index (χ1v) is 11.1. The molecule has 8 nitrogen and oxygen atoms in total. The van der Waals surface area contributed by atoms with Crippen molar-refractivity contribution in [3.05, 3.63) is 75.7 Å². The molecule has 9 heteroatoms. The summed E-state index contributed by atoms with van der Waals surface area (Å²) in [5.74, 6) is 0.187. The minimum absolute atomic E-state index is 0.189. The Kier molecular flexibility index (Phi) is 6.60. The van der Waals surface area contributed by atoms with Crippen LogP contribution in [0.4, 0.5) is 5.00 Å². The normalized spacial score (nSPS) is 11.7. The molecule has 1 aliphatic rings. The number of rotatable bonds is 7. The van der Waals surface area contributed by atoms with Crippen LogP contribution < -0.4 is 20.1 Å². The molecule has 170 valence electrons. The van der Waals surface area contributed by atoms with Crippen LogP contribution in [0.25, 0.3) is 0 Å². The van der Waals surface area contributed by atoms with E-state index in [1.54, 1.807) is 12.1 Å². The topological polar surface area (TPSA) is 103 Å². The van der Waals surface area contributed by atoms with Crippen molar-refractivity contribution < 1.29 is 28.6 Å². The van der Waals surface area contributed by atoms with E-state index in [1.807, 2.05) is 19.1 Å². The number of thiophene rings is 1. The SMILES string of the molecule is CCc1cc(C(=O)NCc2ccc3c(c2)OCO3)c(NC(=O)c2ccc(C(=O)OC)cc2)s1. The summed E-state index contributed by atoms with van der Waals surface area (Å²) in [6.45, 7) is 2.47. The maximum atomic E-state index is 12.9. The molecule has 3 aromatic rings. The number of amides is 2. The van der Waals surface area contributed by atoms with Gasteiger partial charge in [0.1, 0.15) is 5.00 Å². The van der Waals surface area contributed by atoms with Gasteiger partial charge in [-0.15, -0.1) is 11.3 Å². The number of fused-ring (bicyclic) bond motifs is 1. The Hall–Kier alpha value is -3.85. The second-order valence-corrected chi connectivity index (χ2v) is 8.34. The monoisotopic (exact) mass is 466 g/mol. The lowest BCUT2D eigenvalue weighted by Crippen LogP contribution is -2.24. The Morgan fingerprint density at radius 2 is 1.70 bits per heavy atom. The Bertz CT molecular complexity index is 1200. The van der Waals surface area contributed by atoms with Crippen molar-refractivity contribution in [2.75, 3.05) is 19.2 Å². The molecule has 1 aromatic heterocycles. The number of benzene rings is 2. The molecule has 0 saturated carbocycles. The molecule has 0 atom stereocenters. The zero-order valence-electron chi connectivity index (χ0n) is 18.1. The number of esters is 1. The minimum Gasteiger partial charge on any atom is -0.465 e. The second kappa shape index (κ2) is 9.74. The number of carbonyl (C=O) groups is 3. The maximum Gasteiger partial charge on any atom is 0.337 e. The molecular formula is C24H22N2O6S. The van der Waals surface area contributed by atoms with Gasteiger partial charge in [0.15, 0.2) is 11.5 Å². The number of carbonyl (C=O) groups excluding carboxylic acids is 3. The van der Waals surface area contributed by atoms with E-state index < -0.39 is 5.97 Å². The second-order valence-electron chi connectivity index (χ2n) is 7.20. The van der Waals surface area contributed by atoms with Crippen molar-refractivity contribution in [2.24, 2.45) is 0 Å². The van der Waals surface area contributed by atoms with Crippen molar-refractivity contribution in [3.8, 4) is 11.5 Å². The summed E-state index contributed by atoms with van der Waals surface area (Å²) >= 11 is 1.36. The fraction of sp³-hybridized carbons (Fsp3) is 0.208. The van der Waals surface area contributed by atoms with Gasteiger partial charge in [-0.2, -0.15) is 0 Å². The molecule has 0 aliphatic carbocycles. The quantitative estimate of drug-likeness (QED) is 0.510. The molecule has 0 spiro atoms. The highest BCUT2D eigenvalue weighted by Crippen LogP contribution is 2.33. The van der Waals surface area contributed by atoms with Crippen LogP contribution in [0.15, 0.2) is 48.5 Å². The summed E-state index contributed by atoms with van der Waals surface area (Å²) < 4.78 is 15.3. The van der Waals surface area contributed by atoms with Crippen molar-refractivity contribution >= 4 is 34.1 Å². The zero-order chi connectivity index (χ0) is 23.4. The number of nitrogens with one attached hydrogen (secondary N) is 2. The van der Waals surface area contributed by atoms with Crippen molar-refractivity contribution in [1.29, 1.82) is 0 Å². The average molecular weight is 467 g/mol. The van der Waals surface area contributed by atoms with E-state index in [4.69, 9.17) is 9.47 Å². The maximum absolute atomic E-state index is 12.9. The molecule has 2 aromatic carbocycles. The third kappa shape index (κ3) is 4.98. The molecule has 2 N–H and O–H groups in total. The van der Waals surface area contributed by atoms with Gasteiger partial charge in [-0.25, -0.2) is 4.79 Å². The summed E-state index contributed by atoms with van der Waals surface area (Å²) in [6.07, 6.45) is 0.733. The highest BCUT2D eigenvalue weighted by Gasteiger charge is 2.19. The number of aryl methyl sites for hydroxylation is 1. The molecule has 0 saturated heterocycles. The molecule has 0 bridgehead atoms. The fourth-order valence-corrected chi connectivity index (χ4v) is 4.25. The molecule has 4 rings (SSSR count). The molecule has 2 heterocycles. The van der Waals surface area contributed by atoms with E-state index in [0.717, 1.165) is 16.9 Å². The predicted octanol–water partition coefficient (Wildman–Crippen LogP) is 4.01. The highest BCUT2D eigenvalue weighted by atomic mass is 32.1. The number of methoxy groups -OCH3 is 1. The lowest BCUT2D eigenvalue weighted by molar-refractivity contribution is 0.0600. The molecule has 0 radical (unpaired) electrons. The van der Waals surface area contributed by atoms with Gasteiger partial charge >= 0.3 is 5.97 Å². The summed E-state index contributed by atoms with van der Waals surface area (Å²) in [7, 11) is 1.30. The number of hydrogen-bond acceptors (Lipinski definition) is 7. The molecular weight excluding hydrogens is 444 g/mol.